The summed E-state index contributed by atoms with van der Waals surface area (Å²) in [7, 11) is 0. The molecule has 1 amide bonds. The van der Waals surface area contributed by atoms with Gasteiger partial charge in [-0.3, -0.25) is 4.79 Å². The summed E-state index contributed by atoms with van der Waals surface area (Å²) in [4.78, 5) is 26.0. The quantitative estimate of drug-likeness (QED) is 0.292. The standard InChI is InChI=1S/C26H18ClN7O/c27-16-9-11-17(12-10-16)31-26(35)22-23-25(33-21-8-4-3-7-20(21)32-23)34(24(22)28)30-14-15-13-29-19-6-2-1-5-18(15)19/h1-14,29H,28H2,(H,31,35). The molecule has 0 aliphatic carbocycles. The van der Waals surface area contributed by atoms with Gasteiger partial charge in [-0.15, -0.1) is 0 Å². The van der Waals surface area contributed by atoms with Crippen molar-refractivity contribution in [2.24, 2.45) is 5.10 Å². The van der Waals surface area contributed by atoms with Crippen LogP contribution in [0.3, 0.4) is 0 Å². The number of benzene rings is 3. The van der Waals surface area contributed by atoms with E-state index in [0.717, 1.165) is 16.5 Å². The second-order valence-electron chi connectivity index (χ2n) is 7.95. The molecule has 170 valence electrons. The van der Waals surface area contributed by atoms with Crippen molar-refractivity contribution in [2.45, 2.75) is 0 Å². The van der Waals surface area contributed by atoms with Crippen LogP contribution in [0.25, 0.3) is 33.1 Å². The normalized spacial score (nSPS) is 11.7. The Morgan fingerprint density at radius 1 is 1.00 bits per heavy atom. The molecule has 0 aliphatic heterocycles. The molecule has 0 unspecified atom stereocenters. The van der Waals surface area contributed by atoms with Crippen molar-refractivity contribution in [1.82, 2.24) is 19.6 Å². The third-order valence-corrected chi connectivity index (χ3v) is 5.99. The molecule has 3 aromatic carbocycles. The number of H-pyrrole nitrogens is 1. The van der Waals surface area contributed by atoms with E-state index in [1.165, 1.54) is 4.68 Å². The Morgan fingerprint density at radius 3 is 2.51 bits per heavy atom. The smallest absolute Gasteiger partial charge is 0.261 e. The molecule has 3 heterocycles. The number of nitrogens with two attached hydrogens (primary N) is 1. The number of nitrogens with zero attached hydrogens (tertiary/aromatic N) is 4. The van der Waals surface area contributed by atoms with Crippen molar-refractivity contribution < 1.29 is 4.79 Å². The van der Waals surface area contributed by atoms with E-state index in [0.29, 0.717) is 32.9 Å². The van der Waals surface area contributed by atoms with Crippen molar-refractivity contribution in [2.75, 3.05) is 11.1 Å². The van der Waals surface area contributed by atoms with Crippen molar-refractivity contribution in [3.63, 3.8) is 0 Å². The third kappa shape index (κ3) is 3.66. The maximum atomic E-state index is 13.3. The Balaban J connectivity index is 1.50. The van der Waals surface area contributed by atoms with E-state index >= 15 is 0 Å². The SMILES string of the molecule is Nc1c(C(=O)Nc2ccc(Cl)cc2)c2nc3ccccc3nc2n1N=Cc1c[nH]c2ccccc12. The lowest BCUT2D eigenvalue weighted by Gasteiger charge is -2.05. The van der Waals surface area contributed by atoms with E-state index < -0.39 is 5.91 Å². The number of rotatable bonds is 4. The van der Waals surface area contributed by atoms with Gasteiger partial charge in [-0.05, 0) is 42.5 Å². The monoisotopic (exact) mass is 479 g/mol. The number of nitrogens with one attached hydrogen (secondary N) is 2. The van der Waals surface area contributed by atoms with Crippen molar-refractivity contribution >= 4 is 68.3 Å². The van der Waals surface area contributed by atoms with Gasteiger partial charge in [0.25, 0.3) is 5.91 Å². The zero-order valence-electron chi connectivity index (χ0n) is 18.2. The maximum Gasteiger partial charge on any atom is 0.261 e. The summed E-state index contributed by atoms with van der Waals surface area (Å²) in [5.74, 6) is -0.279. The zero-order chi connectivity index (χ0) is 23.9. The van der Waals surface area contributed by atoms with Gasteiger partial charge in [0.1, 0.15) is 16.9 Å². The first kappa shape index (κ1) is 20.9. The van der Waals surface area contributed by atoms with Gasteiger partial charge >= 0.3 is 0 Å². The molecule has 0 aliphatic rings. The van der Waals surface area contributed by atoms with Gasteiger partial charge in [0.2, 0.25) is 0 Å². The molecule has 0 fully saturated rings. The van der Waals surface area contributed by atoms with E-state index in [1.807, 2.05) is 54.7 Å². The van der Waals surface area contributed by atoms with Crippen LogP contribution in [-0.4, -0.2) is 31.7 Å². The fourth-order valence-corrected chi connectivity index (χ4v) is 4.16. The van der Waals surface area contributed by atoms with E-state index in [9.17, 15) is 4.79 Å². The minimum absolute atomic E-state index is 0.137. The number of nitrogen functional groups attached to an aromatic ring is 1. The van der Waals surface area contributed by atoms with Crippen molar-refractivity contribution in [1.29, 1.82) is 0 Å². The van der Waals surface area contributed by atoms with Gasteiger partial charge in [0, 0.05) is 33.4 Å². The summed E-state index contributed by atoms with van der Waals surface area (Å²) in [6, 6.07) is 22.2. The summed E-state index contributed by atoms with van der Waals surface area (Å²) >= 11 is 5.97. The molecule has 8 nitrogen and oxygen atoms in total. The van der Waals surface area contributed by atoms with Crippen LogP contribution in [0.1, 0.15) is 15.9 Å². The number of hydrogen-bond acceptors (Lipinski definition) is 5. The zero-order valence-corrected chi connectivity index (χ0v) is 19.0. The molecule has 0 atom stereocenters. The first-order chi connectivity index (χ1) is 17.1. The molecule has 0 radical (unpaired) electrons. The number of carbonyl (C=O) groups is 1. The highest BCUT2D eigenvalue weighted by molar-refractivity contribution is 6.30. The molecule has 3 aromatic heterocycles. The van der Waals surface area contributed by atoms with Gasteiger partial charge in [-0.25, -0.2) is 9.97 Å². The number of para-hydroxylation sites is 3. The fraction of sp³-hybridized carbons (Fsp3) is 0. The second kappa shape index (κ2) is 8.27. The molecule has 4 N–H and O–H groups in total. The Hall–Kier alpha value is -4.69. The van der Waals surface area contributed by atoms with Crippen molar-refractivity contribution in [3.05, 3.63) is 95.1 Å². The van der Waals surface area contributed by atoms with E-state index in [1.54, 1.807) is 30.5 Å². The Kier molecular flexibility index (Phi) is 4.93. The summed E-state index contributed by atoms with van der Waals surface area (Å²) in [6.45, 7) is 0. The molecule has 9 heteroatoms. The summed E-state index contributed by atoms with van der Waals surface area (Å²) in [6.07, 6.45) is 3.55. The number of amides is 1. The molecule has 35 heavy (non-hydrogen) atoms. The average Bonchev–Trinajstić information content (AvgIpc) is 3.40. The van der Waals surface area contributed by atoms with Crippen LogP contribution in [0.4, 0.5) is 11.5 Å². The van der Waals surface area contributed by atoms with Crippen LogP contribution >= 0.6 is 11.6 Å². The number of hydrogen-bond donors (Lipinski definition) is 3. The third-order valence-electron chi connectivity index (χ3n) is 5.74. The Morgan fingerprint density at radius 2 is 1.71 bits per heavy atom. The average molecular weight is 480 g/mol. The molecule has 6 aromatic rings. The van der Waals surface area contributed by atoms with Gasteiger partial charge in [0.05, 0.1) is 17.2 Å². The summed E-state index contributed by atoms with van der Waals surface area (Å²) < 4.78 is 1.45. The Labute approximate surface area is 204 Å². The topological polar surface area (TPSA) is 114 Å². The lowest BCUT2D eigenvalue weighted by Crippen LogP contribution is -2.14. The van der Waals surface area contributed by atoms with Crippen LogP contribution in [0, 0.1) is 0 Å². The van der Waals surface area contributed by atoms with Gasteiger partial charge in [-0.2, -0.15) is 9.78 Å². The number of anilines is 2. The van der Waals surface area contributed by atoms with E-state index in [4.69, 9.17) is 27.3 Å². The van der Waals surface area contributed by atoms with E-state index in [-0.39, 0.29) is 11.4 Å². The highest BCUT2D eigenvalue weighted by Crippen LogP contribution is 2.29. The highest BCUT2D eigenvalue weighted by atomic mass is 35.5. The second-order valence-corrected chi connectivity index (χ2v) is 8.39. The van der Waals surface area contributed by atoms with Gasteiger partial charge < -0.3 is 16.0 Å². The van der Waals surface area contributed by atoms with Crippen LogP contribution < -0.4 is 11.1 Å². The maximum absolute atomic E-state index is 13.3. The number of fused-ring (bicyclic) bond motifs is 3. The molecule has 0 saturated heterocycles. The van der Waals surface area contributed by atoms with E-state index in [2.05, 4.69) is 15.4 Å². The molecular weight excluding hydrogens is 462 g/mol. The number of halogens is 1. The molecule has 0 spiro atoms. The van der Waals surface area contributed by atoms with Gasteiger partial charge in [0.15, 0.2) is 5.65 Å². The Bertz CT molecular complexity index is 1770. The van der Waals surface area contributed by atoms with Crippen LogP contribution in [0.15, 0.2) is 84.1 Å². The summed E-state index contributed by atoms with van der Waals surface area (Å²) in [5.41, 5.74) is 11.2. The largest absolute Gasteiger partial charge is 0.383 e. The van der Waals surface area contributed by atoms with Gasteiger partial charge in [-0.1, -0.05) is 41.9 Å². The lowest BCUT2D eigenvalue weighted by atomic mass is 10.2. The minimum Gasteiger partial charge on any atom is -0.383 e. The number of aromatic nitrogens is 4. The molecular formula is C26H18ClN7O. The minimum atomic E-state index is -0.416. The predicted octanol–water partition coefficient (Wildman–Crippen LogP) is 5.44. The van der Waals surface area contributed by atoms with Crippen LogP contribution in [0.2, 0.25) is 5.02 Å². The van der Waals surface area contributed by atoms with Crippen molar-refractivity contribution in [3.8, 4) is 0 Å². The highest BCUT2D eigenvalue weighted by Gasteiger charge is 2.24. The lowest BCUT2D eigenvalue weighted by molar-refractivity contribution is 0.102. The molecule has 6 rings (SSSR count). The first-order valence-corrected chi connectivity index (χ1v) is 11.2. The van der Waals surface area contributed by atoms with Crippen LogP contribution in [0.5, 0.6) is 0 Å². The first-order valence-electron chi connectivity index (χ1n) is 10.8. The number of aromatic amines is 1. The van der Waals surface area contributed by atoms with Crippen LogP contribution in [-0.2, 0) is 0 Å². The summed E-state index contributed by atoms with van der Waals surface area (Å²) in [5, 5.41) is 9.05. The predicted molar refractivity (Wildman–Crippen MR) is 140 cm³/mol. The fourth-order valence-electron chi connectivity index (χ4n) is 4.04. The number of carbonyl (C=O) groups excluding carboxylic acids is 1. The molecule has 0 bridgehead atoms. The molecule has 0 saturated carbocycles.